The third-order valence-electron chi connectivity index (χ3n) is 7.55. The zero-order valence-electron chi connectivity index (χ0n) is 19.9. The Labute approximate surface area is 207 Å². The molecule has 1 aromatic carbocycles. The summed E-state index contributed by atoms with van der Waals surface area (Å²) in [6.07, 6.45) is 1.45. The Balaban J connectivity index is 1.25. The molecule has 3 atom stereocenters. The number of hydrogen-bond acceptors (Lipinski definition) is 6. The standard InChI is InChI=1S/C25H27ClFN5O3/c1-13-23(26)14(2)32-24(28-13)20-9-31(10-21(20)29-32)25(33)19-5-4-15(27)6-22(19)35-18-7-16-11-34-12-17(8-18)30(16)3/h4-6,16-18H,7-12H2,1-3H3/t16-,17+,18?. The van der Waals surface area contributed by atoms with Crippen LogP contribution in [0.3, 0.4) is 0 Å². The number of nitrogens with zero attached hydrogens (tertiary/aromatic N) is 5. The van der Waals surface area contributed by atoms with Gasteiger partial charge in [0.25, 0.3) is 5.91 Å². The van der Waals surface area contributed by atoms with Crippen molar-refractivity contribution in [3.63, 3.8) is 0 Å². The fourth-order valence-electron chi connectivity index (χ4n) is 5.52. The number of ether oxygens (including phenoxy) is 2. The number of hydrogen-bond donors (Lipinski definition) is 0. The van der Waals surface area contributed by atoms with Gasteiger partial charge in [-0.15, -0.1) is 0 Å². The number of halogens is 2. The molecule has 184 valence electrons. The summed E-state index contributed by atoms with van der Waals surface area (Å²) >= 11 is 6.35. The number of likely N-dealkylation sites (N-methyl/N-ethyl adjacent to an activating group) is 1. The third kappa shape index (κ3) is 3.77. The highest BCUT2D eigenvalue weighted by Crippen LogP contribution is 2.34. The van der Waals surface area contributed by atoms with E-state index in [0.717, 1.165) is 35.5 Å². The monoisotopic (exact) mass is 499 g/mol. The number of carbonyl (C=O) groups is 1. The molecule has 0 saturated carbocycles. The molecule has 0 aliphatic carbocycles. The van der Waals surface area contributed by atoms with E-state index < -0.39 is 5.82 Å². The highest BCUT2D eigenvalue weighted by molar-refractivity contribution is 6.31. The Morgan fingerprint density at radius 2 is 1.94 bits per heavy atom. The van der Waals surface area contributed by atoms with E-state index >= 15 is 0 Å². The number of benzene rings is 1. The summed E-state index contributed by atoms with van der Waals surface area (Å²) < 4.78 is 27.9. The summed E-state index contributed by atoms with van der Waals surface area (Å²) in [5.41, 5.74) is 4.33. The normalized spacial score (nSPS) is 24.1. The molecule has 3 aliphatic heterocycles. The van der Waals surface area contributed by atoms with Crippen molar-refractivity contribution in [3.8, 4) is 5.75 Å². The lowest BCUT2D eigenvalue weighted by Gasteiger charge is -2.46. The van der Waals surface area contributed by atoms with Crippen molar-refractivity contribution in [3.05, 3.63) is 57.2 Å². The van der Waals surface area contributed by atoms with Gasteiger partial charge in [0.1, 0.15) is 17.7 Å². The molecule has 10 heteroatoms. The summed E-state index contributed by atoms with van der Waals surface area (Å²) in [7, 11) is 2.11. The van der Waals surface area contributed by atoms with Crippen molar-refractivity contribution >= 4 is 23.2 Å². The summed E-state index contributed by atoms with van der Waals surface area (Å²) in [5, 5.41) is 5.25. The lowest BCUT2D eigenvalue weighted by Crippen LogP contribution is -2.57. The van der Waals surface area contributed by atoms with E-state index in [-0.39, 0.29) is 24.1 Å². The Morgan fingerprint density at radius 3 is 2.69 bits per heavy atom. The molecule has 2 aromatic heterocycles. The molecule has 5 heterocycles. The number of carbonyl (C=O) groups excluding carboxylic acids is 1. The van der Waals surface area contributed by atoms with Crippen molar-refractivity contribution in [2.45, 2.75) is 58.0 Å². The third-order valence-corrected chi connectivity index (χ3v) is 8.10. The molecule has 6 rings (SSSR count). The predicted molar refractivity (Wildman–Crippen MR) is 127 cm³/mol. The van der Waals surface area contributed by atoms with E-state index in [2.05, 4.69) is 22.0 Å². The molecular formula is C25H27ClFN5O3. The molecule has 2 bridgehead atoms. The average Bonchev–Trinajstić information content (AvgIpc) is 3.37. The predicted octanol–water partition coefficient (Wildman–Crippen LogP) is 3.54. The van der Waals surface area contributed by atoms with Gasteiger partial charge in [-0.2, -0.15) is 5.10 Å². The lowest BCUT2D eigenvalue weighted by atomic mass is 9.92. The van der Waals surface area contributed by atoms with E-state index in [9.17, 15) is 9.18 Å². The van der Waals surface area contributed by atoms with Crippen LogP contribution in [0.15, 0.2) is 18.2 Å². The van der Waals surface area contributed by atoms with E-state index in [1.807, 2.05) is 13.8 Å². The zero-order chi connectivity index (χ0) is 24.4. The zero-order valence-corrected chi connectivity index (χ0v) is 20.7. The summed E-state index contributed by atoms with van der Waals surface area (Å²) in [6.45, 7) is 5.80. The van der Waals surface area contributed by atoms with Gasteiger partial charge in [0.2, 0.25) is 0 Å². The van der Waals surface area contributed by atoms with E-state index in [4.69, 9.17) is 21.1 Å². The molecule has 1 amide bonds. The molecule has 0 radical (unpaired) electrons. The van der Waals surface area contributed by atoms with E-state index in [1.54, 1.807) is 9.42 Å². The summed E-state index contributed by atoms with van der Waals surface area (Å²) in [5.74, 6) is -0.351. The highest BCUT2D eigenvalue weighted by Gasteiger charge is 2.38. The van der Waals surface area contributed by atoms with Gasteiger partial charge in [-0.3, -0.25) is 9.69 Å². The fraction of sp³-hybridized carbons (Fsp3) is 0.480. The Hall–Kier alpha value is -2.75. The van der Waals surface area contributed by atoms with Crippen molar-refractivity contribution in [1.29, 1.82) is 0 Å². The lowest BCUT2D eigenvalue weighted by molar-refractivity contribution is -0.0880. The fourth-order valence-corrected chi connectivity index (χ4v) is 5.64. The summed E-state index contributed by atoms with van der Waals surface area (Å²) in [6, 6.07) is 4.67. The van der Waals surface area contributed by atoms with Gasteiger partial charge < -0.3 is 14.4 Å². The van der Waals surface area contributed by atoms with Crippen LogP contribution in [0, 0.1) is 19.7 Å². The molecule has 2 fully saturated rings. The Morgan fingerprint density at radius 1 is 1.20 bits per heavy atom. The van der Waals surface area contributed by atoms with Crippen LogP contribution in [0.4, 0.5) is 4.39 Å². The maximum absolute atomic E-state index is 14.2. The first-order valence-corrected chi connectivity index (χ1v) is 12.3. The van der Waals surface area contributed by atoms with Crippen LogP contribution >= 0.6 is 11.6 Å². The number of rotatable bonds is 3. The average molecular weight is 500 g/mol. The molecule has 0 N–H and O–H groups in total. The second kappa shape index (κ2) is 8.43. The molecule has 2 saturated heterocycles. The molecule has 0 spiro atoms. The second-order valence-electron chi connectivity index (χ2n) is 9.78. The molecular weight excluding hydrogens is 473 g/mol. The quantitative estimate of drug-likeness (QED) is 0.549. The highest BCUT2D eigenvalue weighted by atomic mass is 35.5. The second-order valence-corrected chi connectivity index (χ2v) is 10.2. The number of piperidine rings is 1. The Kier molecular flexibility index (Phi) is 5.47. The van der Waals surface area contributed by atoms with Gasteiger partial charge in [0.15, 0.2) is 5.65 Å². The van der Waals surface area contributed by atoms with Crippen molar-refractivity contribution < 1.29 is 18.7 Å². The number of amides is 1. The number of morpholine rings is 1. The largest absolute Gasteiger partial charge is 0.489 e. The van der Waals surface area contributed by atoms with Gasteiger partial charge in [-0.05, 0) is 33.0 Å². The summed E-state index contributed by atoms with van der Waals surface area (Å²) in [4.78, 5) is 22.2. The molecule has 8 nitrogen and oxygen atoms in total. The van der Waals surface area contributed by atoms with Gasteiger partial charge >= 0.3 is 0 Å². The van der Waals surface area contributed by atoms with Crippen molar-refractivity contribution in [2.75, 3.05) is 20.3 Å². The number of fused-ring (bicyclic) bond motifs is 5. The van der Waals surface area contributed by atoms with Crippen LogP contribution in [0.5, 0.6) is 5.75 Å². The minimum Gasteiger partial charge on any atom is -0.489 e. The van der Waals surface area contributed by atoms with Gasteiger partial charge in [0.05, 0.1) is 54.0 Å². The van der Waals surface area contributed by atoms with Crippen LogP contribution in [0.2, 0.25) is 5.02 Å². The molecule has 3 aromatic rings. The van der Waals surface area contributed by atoms with E-state index in [0.29, 0.717) is 48.3 Å². The number of aromatic nitrogens is 3. The first kappa shape index (κ1) is 22.7. The first-order valence-electron chi connectivity index (χ1n) is 11.9. The minimum atomic E-state index is -0.428. The van der Waals surface area contributed by atoms with Crippen LogP contribution in [-0.4, -0.2) is 68.8 Å². The van der Waals surface area contributed by atoms with Gasteiger partial charge in [0, 0.05) is 36.6 Å². The molecule has 35 heavy (non-hydrogen) atoms. The minimum absolute atomic E-state index is 0.0988. The molecule has 1 unspecified atom stereocenters. The van der Waals surface area contributed by atoms with Crippen LogP contribution in [0.25, 0.3) is 5.65 Å². The van der Waals surface area contributed by atoms with Crippen molar-refractivity contribution in [2.24, 2.45) is 0 Å². The first-order chi connectivity index (χ1) is 16.8. The van der Waals surface area contributed by atoms with Crippen LogP contribution in [-0.2, 0) is 17.8 Å². The van der Waals surface area contributed by atoms with Crippen LogP contribution in [0.1, 0.15) is 45.8 Å². The van der Waals surface area contributed by atoms with E-state index in [1.165, 1.54) is 18.2 Å². The SMILES string of the molecule is Cc1nc2c3c(nn2c(C)c1Cl)CN(C(=O)c1ccc(F)cc1OC1C[C@H]2COC[C@@H](C1)N2C)C3. The topological polar surface area (TPSA) is 72.2 Å². The Bertz CT molecular complexity index is 1330. The molecule has 3 aliphatic rings. The van der Waals surface area contributed by atoms with Gasteiger partial charge in [-0.1, -0.05) is 11.6 Å². The van der Waals surface area contributed by atoms with Crippen LogP contribution < -0.4 is 4.74 Å². The maximum atomic E-state index is 14.2. The smallest absolute Gasteiger partial charge is 0.258 e. The number of aryl methyl sites for hydroxylation is 2. The van der Waals surface area contributed by atoms with Crippen molar-refractivity contribution in [1.82, 2.24) is 24.4 Å². The maximum Gasteiger partial charge on any atom is 0.258 e. The van der Waals surface area contributed by atoms with Gasteiger partial charge in [-0.25, -0.2) is 13.9 Å².